The monoisotopic (exact) mass is 333 g/mol. The highest BCUT2D eigenvalue weighted by molar-refractivity contribution is 7.20. The Labute approximate surface area is 136 Å². The van der Waals surface area contributed by atoms with E-state index < -0.39 is 6.10 Å². The van der Waals surface area contributed by atoms with Crippen molar-refractivity contribution in [2.75, 3.05) is 6.54 Å². The topological polar surface area (TPSA) is 67.2 Å². The molecule has 3 aromatic rings. The summed E-state index contributed by atoms with van der Waals surface area (Å²) in [5, 5.41) is 17.3. The molecule has 0 saturated carbocycles. The zero-order valence-corrected chi connectivity index (χ0v) is 13.5. The van der Waals surface area contributed by atoms with Crippen molar-refractivity contribution in [1.82, 2.24) is 15.1 Å². The quantitative estimate of drug-likeness (QED) is 0.771. The van der Waals surface area contributed by atoms with Gasteiger partial charge in [0.05, 0.1) is 22.4 Å². The van der Waals surface area contributed by atoms with Crippen LogP contribution in [0.3, 0.4) is 0 Å². The number of aryl methyl sites for hydroxylation is 1. The van der Waals surface area contributed by atoms with Crippen LogP contribution in [0.15, 0.2) is 30.3 Å². The van der Waals surface area contributed by atoms with Crippen LogP contribution in [0.1, 0.15) is 22.3 Å². The van der Waals surface area contributed by atoms with Gasteiger partial charge in [0, 0.05) is 11.9 Å². The predicted octanol–water partition coefficient (Wildman–Crippen LogP) is 2.65. The normalized spacial score (nSPS) is 12.5. The van der Waals surface area contributed by atoms with Crippen LogP contribution in [0, 0.1) is 12.7 Å². The van der Waals surface area contributed by atoms with E-state index in [1.165, 1.54) is 23.5 Å². The lowest BCUT2D eigenvalue weighted by molar-refractivity contribution is 0.0928. The molecule has 7 heteroatoms. The fraction of sp³-hybridized carbons (Fsp3) is 0.250. The summed E-state index contributed by atoms with van der Waals surface area (Å²) >= 11 is 1.32. The number of rotatable bonds is 4. The number of nitrogens with one attached hydrogen (secondary N) is 1. The molecule has 2 aromatic heterocycles. The van der Waals surface area contributed by atoms with Crippen LogP contribution in [0.25, 0.3) is 15.9 Å². The molecule has 1 unspecified atom stereocenters. The molecule has 1 amide bonds. The molecule has 0 spiro atoms. The largest absolute Gasteiger partial charge is 0.392 e. The number of nitrogens with zero attached hydrogens (tertiary/aromatic N) is 2. The van der Waals surface area contributed by atoms with E-state index >= 15 is 0 Å². The number of aliphatic hydroxyl groups is 1. The highest BCUT2D eigenvalue weighted by Crippen LogP contribution is 2.30. The predicted molar refractivity (Wildman–Crippen MR) is 87.7 cm³/mol. The van der Waals surface area contributed by atoms with Crippen LogP contribution < -0.4 is 5.32 Å². The average molecular weight is 333 g/mol. The molecule has 0 aliphatic rings. The minimum atomic E-state index is -0.593. The van der Waals surface area contributed by atoms with Gasteiger partial charge in [-0.2, -0.15) is 5.10 Å². The van der Waals surface area contributed by atoms with Gasteiger partial charge in [-0.05, 0) is 44.2 Å². The van der Waals surface area contributed by atoms with Gasteiger partial charge in [0.25, 0.3) is 5.91 Å². The maximum absolute atomic E-state index is 13.1. The van der Waals surface area contributed by atoms with Crippen molar-refractivity contribution in [3.8, 4) is 5.69 Å². The Bertz CT molecular complexity index is 852. The Morgan fingerprint density at radius 2 is 2.13 bits per heavy atom. The van der Waals surface area contributed by atoms with Crippen LogP contribution >= 0.6 is 11.3 Å². The summed E-state index contributed by atoms with van der Waals surface area (Å²) in [6.07, 6.45) is -0.593. The minimum Gasteiger partial charge on any atom is -0.392 e. The molecule has 0 saturated heterocycles. The standard InChI is InChI=1S/C16H16FN3O2S/c1-9(21)8-18-15(22)14-7-13-10(2)19-20(16(13)23-14)12-5-3-11(17)4-6-12/h3-7,9,21H,8H2,1-2H3,(H,18,22). The van der Waals surface area contributed by atoms with Gasteiger partial charge >= 0.3 is 0 Å². The molecule has 0 bridgehead atoms. The lowest BCUT2D eigenvalue weighted by atomic mass is 10.3. The van der Waals surface area contributed by atoms with E-state index in [-0.39, 0.29) is 18.3 Å². The summed E-state index contributed by atoms with van der Waals surface area (Å²) in [7, 11) is 0. The fourth-order valence-corrected chi connectivity index (χ4v) is 3.34. The van der Waals surface area contributed by atoms with Gasteiger partial charge in [-0.3, -0.25) is 4.79 Å². The lowest BCUT2D eigenvalue weighted by Crippen LogP contribution is -2.29. The lowest BCUT2D eigenvalue weighted by Gasteiger charge is -2.05. The van der Waals surface area contributed by atoms with Gasteiger partial charge in [-0.15, -0.1) is 11.3 Å². The van der Waals surface area contributed by atoms with Crippen LogP contribution in [0.2, 0.25) is 0 Å². The molecule has 5 nitrogen and oxygen atoms in total. The second-order valence-corrected chi connectivity index (χ2v) is 6.39. The van der Waals surface area contributed by atoms with E-state index in [2.05, 4.69) is 10.4 Å². The van der Waals surface area contributed by atoms with Crippen LogP contribution in [0.4, 0.5) is 4.39 Å². The van der Waals surface area contributed by atoms with Gasteiger partial charge in [-0.1, -0.05) is 0 Å². The summed E-state index contributed by atoms with van der Waals surface area (Å²) in [6.45, 7) is 3.68. The fourth-order valence-electron chi connectivity index (χ4n) is 2.24. The van der Waals surface area contributed by atoms with Crippen molar-refractivity contribution in [3.63, 3.8) is 0 Å². The number of aromatic nitrogens is 2. The van der Waals surface area contributed by atoms with Crippen molar-refractivity contribution in [2.45, 2.75) is 20.0 Å². The highest BCUT2D eigenvalue weighted by atomic mass is 32.1. The van der Waals surface area contributed by atoms with E-state index in [0.29, 0.717) is 4.88 Å². The van der Waals surface area contributed by atoms with E-state index in [4.69, 9.17) is 0 Å². The summed E-state index contributed by atoms with van der Waals surface area (Å²) in [4.78, 5) is 13.5. The SMILES string of the molecule is Cc1nn(-c2ccc(F)cc2)c2sc(C(=O)NCC(C)O)cc12. The number of benzene rings is 1. The molecule has 120 valence electrons. The van der Waals surface area contributed by atoms with Gasteiger partial charge < -0.3 is 10.4 Å². The maximum Gasteiger partial charge on any atom is 0.261 e. The molecule has 23 heavy (non-hydrogen) atoms. The number of amides is 1. The number of aliphatic hydroxyl groups excluding tert-OH is 1. The number of hydrogen-bond acceptors (Lipinski definition) is 4. The number of hydrogen-bond donors (Lipinski definition) is 2. The van der Waals surface area contributed by atoms with Crippen LogP contribution in [-0.4, -0.2) is 33.4 Å². The molecule has 3 rings (SSSR count). The Hall–Kier alpha value is -2.25. The summed E-state index contributed by atoms with van der Waals surface area (Å²) in [5.74, 6) is -0.532. The van der Waals surface area contributed by atoms with Gasteiger partial charge in [-0.25, -0.2) is 9.07 Å². The molecule has 0 radical (unpaired) electrons. The Morgan fingerprint density at radius 1 is 1.43 bits per heavy atom. The number of thiophene rings is 1. The molecule has 1 atom stereocenters. The van der Waals surface area contributed by atoms with Gasteiger partial charge in [0.1, 0.15) is 10.6 Å². The maximum atomic E-state index is 13.1. The van der Waals surface area contributed by atoms with E-state index in [1.807, 2.05) is 6.92 Å². The summed E-state index contributed by atoms with van der Waals surface area (Å²) in [5.41, 5.74) is 1.54. The van der Waals surface area contributed by atoms with Gasteiger partial charge in [0.2, 0.25) is 0 Å². The number of carbonyl (C=O) groups is 1. The third-order valence-electron chi connectivity index (χ3n) is 3.40. The second-order valence-electron chi connectivity index (χ2n) is 5.36. The molecule has 0 fully saturated rings. The number of carbonyl (C=O) groups excluding carboxylic acids is 1. The molecule has 2 N–H and O–H groups in total. The minimum absolute atomic E-state index is 0.205. The average Bonchev–Trinajstić information content (AvgIpc) is 3.07. The van der Waals surface area contributed by atoms with Crippen LogP contribution in [0.5, 0.6) is 0 Å². The molecule has 0 aliphatic carbocycles. The zero-order chi connectivity index (χ0) is 16.6. The van der Waals surface area contributed by atoms with Crippen molar-refractivity contribution in [1.29, 1.82) is 0 Å². The third kappa shape index (κ3) is 3.11. The first-order chi connectivity index (χ1) is 11.0. The Kier molecular flexibility index (Phi) is 4.14. The molecule has 0 aliphatic heterocycles. The Morgan fingerprint density at radius 3 is 2.78 bits per heavy atom. The summed E-state index contributed by atoms with van der Waals surface area (Å²) in [6, 6.07) is 7.84. The van der Waals surface area contributed by atoms with Crippen LogP contribution in [-0.2, 0) is 0 Å². The highest BCUT2D eigenvalue weighted by Gasteiger charge is 2.17. The smallest absolute Gasteiger partial charge is 0.261 e. The van der Waals surface area contributed by atoms with Crippen molar-refractivity contribution < 1.29 is 14.3 Å². The first-order valence-corrected chi connectivity index (χ1v) is 7.98. The van der Waals surface area contributed by atoms with E-state index in [1.54, 1.807) is 29.8 Å². The number of halogens is 1. The summed E-state index contributed by atoms with van der Waals surface area (Å²) < 4.78 is 14.8. The zero-order valence-electron chi connectivity index (χ0n) is 12.7. The first kappa shape index (κ1) is 15.6. The van der Waals surface area contributed by atoms with E-state index in [9.17, 15) is 14.3 Å². The number of fused-ring (bicyclic) bond motifs is 1. The molecule has 1 aromatic carbocycles. The Balaban J connectivity index is 1.98. The first-order valence-electron chi connectivity index (χ1n) is 7.17. The van der Waals surface area contributed by atoms with Crippen molar-refractivity contribution >= 4 is 27.5 Å². The van der Waals surface area contributed by atoms with Gasteiger partial charge in [0.15, 0.2) is 0 Å². The molecule has 2 heterocycles. The van der Waals surface area contributed by atoms with Crippen molar-refractivity contribution in [3.05, 3.63) is 46.7 Å². The molecular weight excluding hydrogens is 317 g/mol. The second kappa shape index (κ2) is 6.10. The third-order valence-corrected chi connectivity index (χ3v) is 4.51. The molecular formula is C16H16FN3O2S. The van der Waals surface area contributed by atoms with E-state index in [0.717, 1.165) is 21.6 Å². The van der Waals surface area contributed by atoms with Crippen molar-refractivity contribution in [2.24, 2.45) is 0 Å².